The zero-order valence-electron chi connectivity index (χ0n) is 14.2. The average molecular weight is 362 g/mol. The van der Waals surface area contributed by atoms with Gasteiger partial charge in [0.1, 0.15) is 5.60 Å². The fourth-order valence-corrected chi connectivity index (χ4v) is 3.04. The number of thiophene rings is 1. The number of aliphatic hydroxyl groups is 1. The first-order valence-electron chi connectivity index (χ1n) is 7.93. The topological polar surface area (TPSA) is 99.8 Å². The predicted octanol–water partition coefficient (Wildman–Crippen LogP) is 2.62. The van der Waals surface area contributed by atoms with Gasteiger partial charge in [-0.3, -0.25) is 10.1 Å². The molecule has 7 nitrogen and oxygen atoms in total. The summed E-state index contributed by atoms with van der Waals surface area (Å²) < 4.78 is 0. The standard InChI is InChI=1S/C17H22N4O3S/c1-3-18-16(20-12-17(2,22)14-8-9-25-11-14)19-10-13-6-4-5-7-15(13)21(23)24/h4-9,11,22H,3,10,12H2,1-2H3,(H2,18,19,20). The van der Waals surface area contributed by atoms with Crippen LogP contribution >= 0.6 is 11.3 Å². The van der Waals surface area contributed by atoms with Crippen LogP contribution < -0.4 is 10.6 Å². The van der Waals surface area contributed by atoms with Gasteiger partial charge in [0.2, 0.25) is 0 Å². The molecule has 1 unspecified atom stereocenters. The third kappa shape index (κ3) is 5.27. The van der Waals surface area contributed by atoms with E-state index in [1.165, 1.54) is 17.4 Å². The number of nitro groups is 1. The smallest absolute Gasteiger partial charge is 0.274 e. The highest BCUT2D eigenvalue weighted by Gasteiger charge is 2.23. The summed E-state index contributed by atoms with van der Waals surface area (Å²) in [4.78, 5) is 15.1. The van der Waals surface area contributed by atoms with Crippen LogP contribution in [0.15, 0.2) is 46.1 Å². The number of hydrogen-bond donors (Lipinski definition) is 3. The van der Waals surface area contributed by atoms with E-state index in [1.807, 2.05) is 23.8 Å². The van der Waals surface area contributed by atoms with Gasteiger partial charge in [0.05, 0.1) is 23.6 Å². The summed E-state index contributed by atoms with van der Waals surface area (Å²) in [6.07, 6.45) is 0. The summed E-state index contributed by atoms with van der Waals surface area (Å²) in [5.74, 6) is 0.496. The van der Waals surface area contributed by atoms with Crippen LogP contribution in [-0.2, 0) is 12.1 Å². The Hall–Kier alpha value is -2.45. The molecular formula is C17H22N4O3S. The van der Waals surface area contributed by atoms with Crippen LogP contribution in [0.4, 0.5) is 5.69 Å². The van der Waals surface area contributed by atoms with E-state index in [2.05, 4.69) is 15.6 Å². The number of aliphatic imine (C=N–C) groups is 1. The van der Waals surface area contributed by atoms with Gasteiger partial charge in [0, 0.05) is 12.6 Å². The number of nitrogens with one attached hydrogen (secondary N) is 2. The molecule has 0 saturated heterocycles. The van der Waals surface area contributed by atoms with Gasteiger partial charge in [-0.25, -0.2) is 4.99 Å². The van der Waals surface area contributed by atoms with Crippen molar-refractivity contribution in [3.63, 3.8) is 0 Å². The minimum atomic E-state index is -1.03. The summed E-state index contributed by atoms with van der Waals surface area (Å²) in [6, 6.07) is 8.41. The second kappa shape index (κ2) is 8.59. The summed E-state index contributed by atoms with van der Waals surface area (Å²) in [7, 11) is 0. The Bertz CT molecular complexity index is 729. The Morgan fingerprint density at radius 3 is 2.76 bits per heavy atom. The van der Waals surface area contributed by atoms with Crippen LogP contribution in [0.25, 0.3) is 0 Å². The molecule has 1 heterocycles. The largest absolute Gasteiger partial charge is 0.384 e. The van der Waals surface area contributed by atoms with E-state index >= 15 is 0 Å². The monoisotopic (exact) mass is 362 g/mol. The lowest BCUT2D eigenvalue weighted by atomic mass is 9.99. The van der Waals surface area contributed by atoms with Crippen molar-refractivity contribution in [1.29, 1.82) is 0 Å². The van der Waals surface area contributed by atoms with Gasteiger partial charge >= 0.3 is 0 Å². The Labute approximate surface area is 150 Å². The van der Waals surface area contributed by atoms with Crippen molar-refractivity contribution in [3.8, 4) is 0 Å². The second-order valence-corrected chi connectivity index (χ2v) is 6.50. The maximum Gasteiger partial charge on any atom is 0.274 e. The lowest BCUT2D eigenvalue weighted by Gasteiger charge is -2.24. The van der Waals surface area contributed by atoms with Gasteiger partial charge in [0.25, 0.3) is 5.69 Å². The Morgan fingerprint density at radius 1 is 1.36 bits per heavy atom. The van der Waals surface area contributed by atoms with Crippen LogP contribution in [0.2, 0.25) is 0 Å². The first kappa shape index (κ1) is 18.9. The van der Waals surface area contributed by atoms with E-state index in [-0.39, 0.29) is 18.8 Å². The van der Waals surface area contributed by atoms with Gasteiger partial charge < -0.3 is 15.7 Å². The normalized spacial score (nSPS) is 14.0. The zero-order chi connectivity index (χ0) is 18.3. The number of nitrogens with zero attached hydrogens (tertiary/aromatic N) is 2. The quantitative estimate of drug-likeness (QED) is 0.304. The predicted molar refractivity (Wildman–Crippen MR) is 99.8 cm³/mol. The third-order valence-corrected chi connectivity index (χ3v) is 4.37. The Morgan fingerprint density at radius 2 is 2.12 bits per heavy atom. The molecule has 0 aliphatic heterocycles. The van der Waals surface area contributed by atoms with Gasteiger partial charge in [-0.05, 0) is 36.2 Å². The number of para-hydroxylation sites is 1. The summed E-state index contributed by atoms with van der Waals surface area (Å²) in [5, 5.41) is 31.6. The molecule has 0 radical (unpaired) electrons. The summed E-state index contributed by atoms with van der Waals surface area (Å²) in [6.45, 7) is 4.75. The average Bonchev–Trinajstić information content (AvgIpc) is 3.13. The molecule has 0 aliphatic carbocycles. The second-order valence-electron chi connectivity index (χ2n) is 5.72. The highest BCUT2D eigenvalue weighted by atomic mass is 32.1. The van der Waals surface area contributed by atoms with Crippen LogP contribution in [0.1, 0.15) is 25.0 Å². The molecule has 1 atom stereocenters. The van der Waals surface area contributed by atoms with E-state index in [4.69, 9.17) is 0 Å². The maximum atomic E-state index is 11.1. The molecule has 25 heavy (non-hydrogen) atoms. The molecule has 3 N–H and O–H groups in total. The summed E-state index contributed by atoms with van der Waals surface area (Å²) >= 11 is 1.53. The van der Waals surface area contributed by atoms with Crippen molar-refractivity contribution in [1.82, 2.24) is 10.6 Å². The lowest BCUT2D eigenvalue weighted by Crippen LogP contribution is -2.44. The van der Waals surface area contributed by atoms with Crippen LogP contribution in [0.5, 0.6) is 0 Å². The molecule has 0 aliphatic rings. The van der Waals surface area contributed by atoms with E-state index in [9.17, 15) is 15.2 Å². The van der Waals surface area contributed by atoms with Crippen molar-refractivity contribution in [2.24, 2.45) is 4.99 Å². The lowest BCUT2D eigenvalue weighted by molar-refractivity contribution is -0.385. The van der Waals surface area contributed by atoms with Crippen molar-refractivity contribution in [2.45, 2.75) is 26.0 Å². The van der Waals surface area contributed by atoms with Gasteiger partial charge in [0.15, 0.2) is 5.96 Å². The van der Waals surface area contributed by atoms with Crippen molar-refractivity contribution in [2.75, 3.05) is 13.1 Å². The fraction of sp³-hybridized carbons (Fsp3) is 0.353. The molecular weight excluding hydrogens is 340 g/mol. The number of guanidine groups is 1. The SMILES string of the molecule is CCNC(=NCc1ccccc1[N+](=O)[O-])NCC(C)(O)c1ccsc1. The third-order valence-electron chi connectivity index (χ3n) is 3.68. The van der Waals surface area contributed by atoms with Gasteiger partial charge in [-0.2, -0.15) is 11.3 Å². The minimum absolute atomic E-state index is 0.0485. The van der Waals surface area contributed by atoms with Crippen molar-refractivity contribution >= 4 is 23.0 Å². The highest BCUT2D eigenvalue weighted by Crippen LogP contribution is 2.22. The molecule has 2 rings (SSSR count). The number of rotatable bonds is 7. The van der Waals surface area contributed by atoms with Gasteiger partial charge in [-0.15, -0.1) is 0 Å². The number of nitro benzene ring substituents is 1. The van der Waals surface area contributed by atoms with E-state index < -0.39 is 10.5 Å². The molecule has 134 valence electrons. The van der Waals surface area contributed by atoms with Crippen LogP contribution in [-0.4, -0.2) is 29.1 Å². The molecule has 1 aromatic carbocycles. The summed E-state index contributed by atoms with van der Waals surface area (Å²) in [5.41, 5.74) is 0.385. The first-order valence-corrected chi connectivity index (χ1v) is 8.88. The number of benzene rings is 1. The van der Waals surface area contributed by atoms with E-state index in [0.29, 0.717) is 18.1 Å². The van der Waals surface area contributed by atoms with Crippen LogP contribution in [0, 0.1) is 10.1 Å². The van der Waals surface area contributed by atoms with E-state index in [0.717, 1.165) is 5.56 Å². The first-order chi connectivity index (χ1) is 11.9. The highest BCUT2D eigenvalue weighted by molar-refractivity contribution is 7.08. The van der Waals surface area contributed by atoms with E-state index in [1.54, 1.807) is 25.1 Å². The molecule has 8 heteroatoms. The Kier molecular flexibility index (Phi) is 6.49. The molecule has 0 saturated carbocycles. The zero-order valence-corrected chi connectivity index (χ0v) is 15.0. The fourth-order valence-electron chi connectivity index (χ4n) is 2.26. The Balaban J connectivity index is 2.07. The molecule has 1 aromatic heterocycles. The molecule has 0 amide bonds. The minimum Gasteiger partial charge on any atom is -0.384 e. The van der Waals surface area contributed by atoms with Crippen LogP contribution in [0.3, 0.4) is 0 Å². The van der Waals surface area contributed by atoms with Crippen molar-refractivity contribution in [3.05, 3.63) is 62.3 Å². The molecule has 0 fully saturated rings. The molecule has 2 aromatic rings. The number of hydrogen-bond acceptors (Lipinski definition) is 5. The maximum absolute atomic E-state index is 11.1. The molecule has 0 bridgehead atoms. The van der Waals surface area contributed by atoms with Crippen molar-refractivity contribution < 1.29 is 10.0 Å². The van der Waals surface area contributed by atoms with Gasteiger partial charge in [-0.1, -0.05) is 18.2 Å². The molecule has 0 spiro atoms.